The molecule has 6 nitrogen and oxygen atoms in total. The van der Waals surface area contributed by atoms with E-state index in [4.69, 9.17) is 23.2 Å². The van der Waals surface area contributed by atoms with E-state index < -0.39 is 26.7 Å². The summed E-state index contributed by atoms with van der Waals surface area (Å²) in [6.45, 7) is 0.617. The van der Waals surface area contributed by atoms with Gasteiger partial charge in [-0.2, -0.15) is 17.5 Å². The van der Waals surface area contributed by atoms with Gasteiger partial charge in [0.2, 0.25) is 10.0 Å². The summed E-state index contributed by atoms with van der Waals surface area (Å²) in [5, 5.41) is 3.41. The molecule has 2 aromatic carbocycles. The van der Waals surface area contributed by atoms with Crippen molar-refractivity contribution in [3.05, 3.63) is 58.1 Å². The second-order valence-corrected chi connectivity index (χ2v) is 9.81. The number of nitrogens with zero attached hydrogens (tertiary/aromatic N) is 1. The zero-order chi connectivity index (χ0) is 22.8. The van der Waals surface area contributed by atoms with Crippen LogP contribution in [-0.4, -0.2) is 51.4 Å². The number of alkyl halides is 3. The van der Waals surface area contributed by atoms with E-state index in [0.29, 0.717) is 15.7 Å². The molecule has 0 unspecified atom stereocenters. The Morgan fingerprint density at radius 1 is 1.06 bits per heavy atom. The van der Waals surface area contributed by atoms with Crippen LogP contribution in [0.4, 0.5) is 18.9 Å². The number of rotatable bonds is 5. The Labute approximate surface area is 187 Å². The van der Waals surface area contributed by atoms with Gasteiger partial charge in [0.05, 0.1) is 36.6 Å². The lowest BCUT2D eigenvalue weighted by Crippen LogP contribution is -3.15. The molecule has 0 atom stereocenters. The lowest BCUT2D eigenvalue weighted by molar-refractivity contribution is -0.895. The maximum atomic E-state index is 13.2. The summed E-state index contributed by atoms with van der Waals surface area (Å²) >= 11 is 11.8. The minimum Gasteiger partial charge on any atom is -0.325 e. The van der Waals surface area contributed by atoms with Gasteiger partial charge in [-0.1, -0.05) is 35.3 Å². The molecule has 31 heavy (non-hydrogen) atoms. The fraction of sp³-hybridized carbons (Fsp3) is 0.316. The van der Waals surface area contributed by atoms with Crippen molar-refractivity contribution in [3.63, 3.8) is 0 Å². The molecule has 0 bridgehead atoms. The van der Waals surface area contributed by atoms with Crippen molar-refractivity contribution in [1.29, 1.82) is 0 Å². The van der Waals surface area contributed by atoms with Crippen molar-refractivity contribution in [1.82, 2.24) is 4.31 Å². The molecule has 1 saturated heterocycles. The minimum absolute atomic E-state index is 0.000130. The normalized spacial score (nSPS) is 16.3. The number of nitrogens with one attached hydrogen (secondary N) is 2. The van der Waals surface area contributed by atoms with Crippen LogP contribution in [0.15, 0.2) is 47.4 Å². The summed E-state index contributed by atoms with van der Waals surface area (Å²) in [5.74, 6) is -0.313. The predicted octanol–water partition coefficient (Wildman–Crippen LogP) is 2.54. The van der Waals surface area contributed by atoms with Crippen LogP contribution in [-0.2, 0) is 21.0 Å². The number of benzene rings is 2. The molecule has 0 aromatic heterocycles. The van der Waals surface area contributed by atoms with Gasteiger partial charge in [-0.3, -0.25) is 4.79 Å². The number of sulfonamides is 1. The molecule has 2 aromatic rings. The van der Waals surface area contributed by atoms with Crippen molar-refractivity contribution in [2.75, 3.05) is 38.0 Å². The van der Waals surface area contributed by atoms with E-state index in [2.05, 4.69) is 5.32 Å². The van der Waals surface area contributed by atoms with Crippen LogP contribution < -0.4 is 10.2 Å². The highest BCUT2D eigenvalue weighted by atomic mass is 35.5. The molecule has 12 heteroatoms. The summed E-state index contributed by atoms with van der Waals surface area (Å²) in [6.07, 6.45) is -4.78. The lowest BCUT2D eigenvalue weighted by atomic mass is 10.2. The summed E-state index contributed by atoms with van der Waals surface area (Å²) in [6, 6.07) is 8.74. The molecule has 168 valence electrons. The Balaban J connectivity index is 1.62. The van der Waals surface area contributed by atoms with Gasteiger partial charge in [0.25, 0.3) is 5.91 Å². The van der Waals surface area contributed by atoms with Gasteiger partial charge in [-0.15, -0.1) is 0 Å². The summed E-state index contributed by atoms with van der Waals surface area (Å²) in [5.41, 5.74) is -0.754. The fourth-order valence-corrected chi connectivity index (χ4v) is 5.52. The maximum absolute atomic E-state index is 13.2. The van der Waals surface area contributed by atoms with Crippen molar-refractivity contribution < 1.29 is 31.3 Å². The van der Waals surface area contributed by atoms with Crippen LogP contribution in [0.5, 0.6) is 0 Å². The number of carbonyl (C=O) groups is 1. The molecule has 0 radical (unpaired) electrons. The molecule has 3 rings (SSSR count). The van der Waals surface area contributed by atoms with E-state index in [1.54, 1.807) is 12.1 Å². The molecule has 0 spiro atoms. The standard InChI is InChI=1S/C19H18Cl2F3N3O3S/c20-13-9-14(21)11-15(10-13)25-18(28)12-26-5-7-27(8-6-26)31(29,30)17-4-2-1-3-16(17)19(22,23)24/h1-4,9-11H,5-8,12H2,(H,25,28)/p+1. The molecule has 1 amide bonds. The first kappa shape index (κ1) is 23.8. The maximum Gasteiger partial charge on any atom is 0.417 e. The van der Waals surface area contributed by atoms with E-state index in [9.17, 15) is 26.4 Å². The Kier molecular flexibility index (Phi) is 7.17. The van der Waals surface area contributed by atoms with Crippen LogP contribution in [0.1, 0.15) is 5.56 Å². The zero-order valence-electron chi connectivity index (χ0n) is 16.0. The Morgan fingerprint density at radius 2 is 1.65 bits per heavy atom. The van der Waals surface area contributed by atoms with Crippen LogP contribution in [0.25, 0.3) is 0 Å². The molecule has 1 fully saturated rings. The largest absolute Gasteiger partial charge is 0.417 e. The highest BCUT2D eigenvalue weighted by Crippen LogP contribution is 2.35. The molecule has 2 N–H and O–H groups in total. The lowest BCUT2D eigenvalue weighted by Gasteiger charge is -2.31. The topological polar surface area (TPSA) is 70.9 Å². The van der Waals surface area contributed by atoms with E-state index >= 15 is 0 Å². The monoisotopic (exact) mass is 496 g/mol. The van der Waals surface area contributed by atoms with E-state index in [1.165, 1.54) is 12.1 Å². The first-order valence-electron chi connectivity index (χ1n) is 9.23. The fourth-order valence-electron chi connectivity index (χ4n) is 3.34. The number of hydrogen-bond acceptors (Lipinski definition) is 3. The van der Waals surface area contributed by atoms with Gasteiger partial charge >= 0.3 is 6.18 Å². The summed E-state index contributed by atoms with van der Waals surface area (Å²) < 4.78 is 66.3. The second-order valence-electron chi connectivity index (χ2n) is 7.03. The second kappa shape index (κ2) is 9.33. The third kappa shape index (κ3) is 5.89. The average Bonchev–Trinajstić information content (AvgIpc) is 2.67. The van der Waals surface area contributed by atoms with Gasteiger partial charge in [-0.05, 0) is 30.3 Å². The van der Waals surface area contributed by atoms with Crippen LogP contribution in [0.2, 0.25) is 10.0 Å². The Bertz CT molecular complexity index is 1050. The number of quaternary nitrogens is 1. The van der Waals surface area contributed by atoms with Crippen molar-refractivity contribution >= 4 is 44.8 Å². The predicted molar refractivity (Wildman–Crippen MR) is 111 cm³/mol. The smallest absolute Gasteiger partial charge is 0.325 e. The first-order chi connectivity index (χ1) is 14.5. The van der Waals surface area contributed by atoms with Gasteiger partial charge < -0.3 is 10.2 Å². The van der Waals surface area contributed by atoms with Crippen molar-refractivity contribution in [2.45, 2.75) is 11.1 Å². The number of hydrogen-bond donors (Lipinski definition) is 2. The average molecular weight is 497 g/mol. The number of amides is 1. The molecular weight excluding hydrogens is 478 g/mol. The molecule has 1 aliphatic heterocycles. The van der Waals surface area contributed by atoms with E-state index in [0.717, 1.165) is 27.4 Å². The zero-order valence-corrected chi connectivity index (χ0v) is 18.4. The van der Waals surface area contributed by atoms with Crippen molar-refractivity contribution in [2.24, 2.45) is 0 Å². The van der Waals surface area contributed by atoms with Gasteiger partial charge in [-0.25, -0.2) is 8.42 Å². The van der Waals surface area contributed by atoms with E-state index in [1.807, 2.05) is 0 Å². The number of anilines is 1. The SMILES string of the molecule is O=C(C[NH+]1CCN(S(=O)(=O)c2ccccc2C(F)(F)F)CC1)Nc1cc(Cl)cc(Cl)c1. The minimum atomic E-state index is -4.78. The number of piperazine rings is 1. The number of halogens is 5. The highest BCUT2D eigenvalue weighted by molar-refractivity contribution is 7.89. The molecule has 1 heterocycles. The molecule has 0 saturated carbocycles. The third-order valence-corrected chi connectivity index (χ3v) is 7.19. The van der Waals surface area contributed by atoms with Gasteiger partial charge in [0.15, 0.2) is 6.54 Å². The first-order valence-corrected chi connectivity index (χ1v) is 11.4. The van der Waals surface area contributed by atoms with Crippen LogP contribution in [0, 0.1) is 0 Å². The molecular formula is C19H19Cl2F3N3O3S+. The Morgan fingerprint density at radius 3 is 2.23 bits per heavy atom. The number of carbonyl (C=O) groups excluding carboxylic acids is 1. The highest BCUT2D eigenvalue weighted by Gasteiger charge is 2.40. The molecule has 0 aliphatic carbocycles. The third-order valence-electron chi connectivity index (χ3n) is 4.80. The Hall–Kier alpha value is -1.85. The van der Waals surface area contributed by atoms with Gasteiger partial charge in [0.1, 0.15) is 0 Å². The molecule has 1 aliphatic rings. The van der Waals surface area contributed by atoms with Gasteiger partial charge in [0, 0.05) is 15.7 Å². The quantitative estimate of drug-likeness (QED) is 0.668. The summed E-state index contributed by atoms with van der Waals surface area (Å²) in [7, 11) is -4.32. The summed E-state index contributed by atoms with van der Waals surface area (Å²) in [4.78, 5) is 12.3. The van der Waals surface area contributed by atoms with Crippen molar-refractivity contribution in [3.8, 4) is 0 Å². The van der Waals surface area contributed by atoms with E-state index in [-0.39, 0.29) is 38.6 Å². The van der Waals surface area contributed by atoms with Crippen LogP contribution in [0.3, 0.4) is 0 Å². The van der Waals surface area contributed by atoms with Crippen LogP contribution >= 0.6 is 23.2 Å².